The maximum atomic E-state index is 12.7. The predicted octanol–water partition coefficient (Wildman–Crippen LogP) is 3.61. The highest BCUT2D eigenvalue weighted by Gasteiger charge is 2.40. The Balaban J connectivity index is 1.46. The molecule has 1 aromatic carbocycles. The topological polar surface area (TPSA) is 91.3 Å². The number of fused-ring (bicyclic) bond motifs is 1. The molecule has 4 rings (SSSR count). The lowest BCUT2D eigenvalue weighted by Gasteiger charge is -2.36. The van der Waals surface area contributed by atoms with Crippen LogP contribution in [0.4, 0.5) is 0 Å². The molecule has 180 valence electrons. The van der Waals surface area contributed by atoms with E-state index in [0.29, 0.717) is 47.4 Å². The molecule has 34 heavy (non-hydrogen) atoms. The SMILES string of the molecule is COC(=O)C1=C(C)N=C2SC=C(CC(=O)NCCCN3CCCC3=O)N2[C@@H]1c1ccc(Cl)cc1. The van der Waals surface area contributed by atoms with Crippen molar-refractivity contribution >= 4 is 46.3 Å². The van der Waals surface area contributed by atoms with E-state index < -0.39 is 12.0 Å². The minimum absolute atomic E-state index is 0.124. The fourth-order valence-corrected chi connectivity index (χ4v) is 5.46. The van der Waals surface area contributed by atoms with Crippen LogP contribution in [0.25, 0.3) is 0 Å². The van der Waals surface area contributed by atoms with Crippen LogP contribution in [0, 0.1) is 0 Å². The average molecular weight is 503 g/mol. The van der Waals surface area contributed by atoms with E-state index in [4.69, 9.17) is 16.3 Å². The zero-order chi connectivity index (χ0) is 24.2. The van der Waals surface area contributed by atoms with Crippen LogP contribution in [0.15, 0.2) is 51.6 Å². The van der Waals surface area contributed by atoms with E-state index in [0.717, 1.165) is 24.2 Å². The molecule has 10 heteroatoms. The van der Waals surface area contributed by atoms with Crippen molar-refractivity contribution in [3.8, 4) is 0 Å². The Morgan fingerprint density at radius 1 is 1.29 bits per heavy atom. The smallest absolute Gasteiger partial charge is 0.338 e. The molecule has 0 spiro atoms. The van der Waals surface area contributed by atoms with Crippen molar-refractivity contribution in [3.63, 3.8) is 0 Å². The van der Waals surface area contributed by atoms with Gasteiger partial charge in [-0.15, -0.1) is 0 Å². The first kappa shape index (κ1) is 24.3. The van der Waals surface area contributed by atoms with Crippen LogP contribution in [-0.4, -0.2) is 59.5 Å². The summed E-state index contributed by atoms with van der Waals surface area (Å²) in [7, 11) is 1.35. The van der Waals surface area contributed by atoms with Crippen LogP contribution in [0.1, 0.15) is 44.2 Å². The lowest BCUT2D eigenvalue weighted by molar-refractivity contribution is -0.136. The molecule has 1 saturated heterocycles. The Bertz CT molecular complexity index is 1080. The fourth-order valence-electron chi connectivity index (χ4n) is 4.37. The molecule has 2 amide bonds. The number of hydrogen-bond donors (Lipinski definition) is 1. The monoisotopic (exact) mass is 502 g/mol. The Morgan fingerprint density at radius 3 is 2.74 bits per heavy atom. The van der Waals surface area contributed by atoms with Gasteiger partial charge in [0.15, 0.2) is 5.17 Å². The Kier molecular flexibility index (Phi) is 7.63. The van der Waals surface area contributed by atoms with Crippen molar-refractivity contribution in [1.29, 1.82) is 0 Å². The minimum atomic E-state index is -0.479. The first-order valence-corrected chi connectivity index (χ1v) is 12.5. The number of hydrogen-bond acceptors (Lipinski definition) is 7. The normalized spacial score (nSPS) is 19.7. The Morgan fingerprint density at radius 2 is 2.06 bits per heavy atom. The zero-order valence-corrected chi connectivity index (χ0v) is 20.7. The predicted molar refractivity (Wildman–Crippen MR) is 132 cm³/mol. The second-order valence-corrected chi connectivity index (χ2v) is 9.57. The number of amidine groups is 1. The molecule has 3 heterocycles. The summed E-state index contributed by atoms with van der Waals surface area (Å²) < 4.78 is 5.06. The van der Waals surface area contributed by atoms with Crippen LogP contribution in [0.3, 0.4) is 0 Å². The van der Waals surface area contributed by atoms with Crippen molar-refractivity contribution in [2.75, 3.05) is 26.7 Å². The number of amides is 2. The van der Waals surface area contributed by atoms with Gasteiger partial charge < -0.3 is 19.9 Å². The summed E-state index contributed by atoms with van der Waals surface area (Å²) in [6.07, 6.45) is 2.39. The average Bonchev–Trinajstić information content (AvgIpc) is 3.41. The highest BCUT2D eigenvalue weighted by Crippen LogP contribution is 2.44. The van der Waals surface area contributed by atoms with Gasteiger partial charge in [-0.3, -0.25) is 9.59 Å². The van der Waals surface area contributed by atoms with E-state index in [-0.39, 0.29) is 18.2 Å². The second kappa shape index (κ2) is 10.7. The molecule has 1 fully saturated rings. The number of likely N-dealkylation sites (tertiary alicyclic amines) is 1. The van der Waals surface area contributed by atoms with Crippen LogP contribution in [-0.2, 0) is 19.1 Å². The van der Waals surface area contributed by atoms with E-state index in [9.17, 15) is 14.4 Å². The van der Waals surface area contributed by atoms with Gasteiger partial charge in [-0.25, -0.2) is 9.79 Å². The Labute approximate surface area is 208 Å². The number of halogens is 1. The third-order valence-corrected chi connectivity index (χ3v) is 7.17. The third kappa shape index (κ3) is 5.15. The first-order valence-electron chi connectivity index (χ1n) is 11.2. The van der Waals surface area contributed by atoms with Gasteiger partial charge in [-0.2, -0.15) is 0 Å². The fraction of sp³-hybridized carbons (Fsp3) is 0.417. The molecule has 1 N–H and O–H groups in total. The van der Waals surface area contributed by atoms with Crippen molar-refractivity contribution in [1.82, 2.24) is 15.1 Å². The van der Waals surface area contributed by atoms with E-state index in [1.807, 2.05) is 27.3 Å². The molecule has 3 aliphatic heterocycles. The molecule has 8 nitrogen and oxygen atoms in total. The van der Waals surface area contributed by atoms with E-state index >= 15 is 0 Å². The number of carbonyl (C=O) groups is 3. The van der Waals surface area contributed by atoms with E-state index in [1.165, 1.54) is 18.9 Å². The van der Waals surface area contributed by atoms with Crippen LogP contribution >= 0.6 is 23.4 Å². The first-order chi connectivity index (χ1) is 16.4. The second-order valence-electron chi connectivity index (χ2n) is 8.30. The third-order valence-electron chi connectivity index (χ3n) is 6.03. The van der Waals surface area contributed by atoms with E-state index in [1.54, 1.807) is 19.1 Å². The summed E-state index contributed by atoms with van der Waals surface area (Å²) in [4.78, 5) is 45.5. The highest BCUT2D eigenvalue weighted by molar-refractivity contribution is 8.16. The minimum Gasteiger partial charge on any atom is -0.466 e. The van der Waals surface area contributed by atoms with Gasteiger partial charge in [0.2, 0.25) is 11.8 Å². The molecular formula is C24H27ClN4O4S. The standard InChI is InChI=1S/C24H27ClN4O4S/c1-15-21(23(32)33-2)22(16-6-8-17(25)9-7-16)29-18(14-34-24(29)27-15)13-19(30)26-10-4-12-28-11-3-5-20(28)31/h6-9,14,22H,3-5,10-13H2,1-2H3,(H,26,30)/t22-/m1/s1. The lowest BCUT2D eigenvalue weighted by atomic mass is 9.94. The van der Waals surface area contributed by atoms with Crippen molar-refractivity contribution in [2.45, 2.75) is 38.6 Å². The number of carbonyl (C=O) groups excluding carboxylic acids is 3. The molecule has 0 unspecified atom stereocenters. The number of methoxy groups -OCH3 is 1. The van der Waals surface area contributed by atoms with E-state index in [2.05, 4.69) is 10.3 Å². The van der Waals surface area contributed by atoms with Crippen molar-refractivity contribution in [2.24, 2.45) is 4.99 Å². The number of nitrogens with one attached hydrogen (secondary N) is 1. The molecule has 3 aliphatic rings. The van der Waals surface area contributed by atoms with Crippen LogP contribution in [0.5, 0.6) is 0 Å². The summed E-state index contributed by atoms with van der Waals surface area (Å²) in [5, 5.41) is 6.15. The number of nitrogens with zero attached hydrogens (tertiary/aromatic N) is 3. The summed E-state index contributed by atoms with van der Waals surface area (Å²) in [6, 6.07) is 6.81. The van der Waals surface area contributed by atoms with Gasteiger partial charge in [0.1, 0.15) is 0 Å². The number of rotatable bonds is 8. The molecule has 0 aliphatic carbocycles. The Hall–Kier alpha value is -2.78. The largest absolute Gasteiger partial charge is 0.466 e. The van der Waals surface area contributed by atoms with Crippen molar-refractivity contribution < 1.29 is 19.1 Å². The van der Waals surface area contributed by atoms with Gasteiger partial charge in [-0.1, -0.05) is 35.5 Å². The molecule has 1 aromatic rings. The highest BCUT2D eigenvalue weighted by atomic mass is 35.5. The van der Waals surface area contributed by atoms with Gasteiger partial charge >= 0.3 is 5.97 Å². The number of esters is 1. The molecule has 0 aromatic heterocycles. The molecule has 0 bridgehead atoms. The van der Waals surface area contributed by atoms with Crippen LogP contribution < -0.4 is 5.32 Å². The number of aliphatic imine (C=N–C) groups is 1. The molecule has 0 saturated carbocycles. The van der Waals surface area contributed by atoms with Gasteiger partial charge in [0.05, 0.1) is 30.8 Å². The lowest BCUT2D eigenvalue weighted by Crippen LogP contribution is -2.38. The van der Waals surface area contributed by atoms with Crippen molar-refractivity contribution in [3.05, 3.63) is 57.2 Å². The van der Waals surface area contributed by atoms with Gasteiger partial charge in [0, 0.05) is 36.8 Å². The number of thioether (sulfide) groups is 1. The van der Waals surface area contributed by atoms with Crippen LogP contribution in [0.2, 0.25) is 5.02 Å². The summed E-state index contributed by atoms with van der Waals surface area (Å²) in [5.74, 6) is -0.395. The molecule has 1 atom stereocenters. The number of allylic oxidation sites excluding steroid dienone is 1. The summed E-state index contributed by atoms with van der Waals surface area (Å²) in [5.41, 5.74) is 2.62. The quantitative estimate of drug-likeness (QED) is 0.431. The zero-order valence-electron chi connectivity index (χ0n) is 19.2. The summed E-state index contributed by atoms with van der Waals surface area (Å²) in [6.45, 7) is 3.74. The summed E-state index contributed by atoms with van der Waals surface area (Å²) >= 11 is 7.52. The number of ether oxygens (including phenoxy) is 1. The maximum Gasteiger partial charge on any atom is 0.338 e. The molecular weight excluding hydrogens is 476 g/mol. The number of benzene rings is 1. The van der Waals surface area contributed by atoms with Gasteiger partial charge in [0.25, 0.3) is 0 Å². The maximum absolute atomic E-state index is 12.7. The van der Waals surface area contributed by atoms with Gasteiger partial charge in [-0.05, 0) is 42.9 Å². The molecule has 0 radical (unpaired) electrons.